The highest BCUT2D eigenvalue weighted by atomic mass is 19.1. The van der Waals surface area contributed by atoms with Crippen molar-refractivity contribution in [2.24, 2.45) is 0 Å². The molecule has 4 nitrogen and oxygen atoms in total. The third kappa shape index (κ3) is 5.17. The van der Waals surface area contributed by atoms with Gasteiger partial charge in [0.05, 0.1) is 5.60 Å². The Kier molecular flexibility index (Phi) is 5.95. The van der Waals surface area contributed by atoms with Gasteiger partial charge in [-0.05, 0) is 32.4 Å². The van der Waals surface area contributed by atoms with E-state index < -0.39 is 17.5 Å². The average Bonchev–Trinajstić information content (AvgIpc) is 2.38. The molecule has 0 aliphatic rings. The molecule has 0 aliphatic heterocycles. The fraction of sp³-hybridized carbons (Fsp3) is 0.533. The summed E-state index contributed by atoms with van der Waals surface area (Å²) < 4.78 is 18.7. The molecule has 20 heavy (non-hydrogen) atoms. The second-order valence-corrected chi connectivity index (χ2v) is 5.16. The van der Waals surface area contributed by atoms with Crippen molar-refractivity contribution in [2.45, 2.75) is 45.3 Å². The van der Waals surface area contributed by atoms with E-state index in [0.29, 0.717) is 6.42 Å². The fourth-order valence-electron chi connectivity index (χ4n) is 1.83. The van der Waals surface area contributed by atoms with Crippen LogP contribution in [0, 0.1) is 5.82 Å². The van der Waals surface area contributed by atoms with Crippen molar-refractivity contribution in [3.63, 3.8) is 0 Å². The van der Waals surface area contributed by atoms with Gasteiger partial charge in [0.1, 0.15) is 0 Å². The first kappa shape index (κ1) is 16.4. The lowest BCUT2D eigenvalue weighted by Crippen LogP contribution is -2.45. The van der Waals surface area contributed by atoms with E-state index in [0.717, 1.165) is 6.42 Å². The summed E-state index contributed by atoms with van der Waals surface area (Å²) in [6, 6.07) is 5.92. The van der Waals surface area contributed by atoms with E-state index in [-0.39, 0.29) is 18.2 Å². The Hall–Kier alpha value is -1.62. The Morgan fingerprint density at radius 2 is 2.15 bits per heavy atom. The normalized spacial score (nSPS) is 15.2. The molecular weight excluding hydrogens is 261 g/mol. The number of halogens is 1. The molecule has 1 rings (SSSR count). The van der Waals surface area contributed by atoms with Gasteiger partial charge < -0.3 is 15.2 Å². The van der Waals surface area contributed by atoms with Crippen LogP contribution >= 0.6 is 0 Å². The smallest absolute Gasteiger partial charge is 0.260 e. The predicted octanol–water partition coefficient (Wildman–Crippen LogP) is 2.26. The number of ether oxygens (including phenoxy) is 1. The average molecular weight is 283 g/mol. The molecule has 1 aromatic rings. The van der Waals surface area contributed by atoms with Crippen LogP contribution in [0.5, 0.6) is 5.75 Å². The van der Waals surface area contributed by atoms with Gasteiger partial charge in [-0.25, -0.2) is 4.39 Å². The van der Waals surface area contributed by atoms with Gasteiger partial charge in [-0.1, -0.05) is 25.5 Å². The summed E-state index contributed by atoms with van der Waals surface area (Å²) in [5.74, 6) is -0.856. The van der Waals surface area contributed by atoms with E-state index in [1.54, 1.807) is 19.1 Å². The molecule has 1 aromatic carbocycles. The maximum absolute atomic E-state index is 13.4. The summed E-state index contributed by atoms with van der Waals surface area (Å²) >= 11 is 0. The lowest BCUT2D eigenvalue weighted by molar-refractivity contribution is -0.128. The second-order valence-electron chi connectivity index (χ2n) is 5.16. The lowest BCUT2D eigenvalue weighted by Gasteiger charge is -2.24. The highest BCUT2D eigenvalue weighted by molar-refractivity contribution is 5.80. The van der Waals surface area contributed by atoms with Crippen molar-refractivity contribution < 1.29 is 19.0 Å². The van der Waals surface area contributed by atoms with Crippen molar-refractivity contribution >= 4 is 5.91 Å². The highest BCUT2D eigenvalue weighted by Gasteiger charge is 2.22. The van der Waals surface area contributed by atoms with Crippen LogP contribution in [-0.4, -0.2) is 29.3 Å². The number of hydrogen-bond donors (Lipinski definition) is 2. The van der Waals surface area contributed by atoms with Crippen molar-refractivity contribution in [1.29, 1.82) is 0 Å². The fourth-order valence-corrected chi connectivity index (χ4v) is 1.83. The number of benzene rings is 1. The molecular formula is C15H22FNO3. The van der Waals surface area contributed by atoms with Crippen LogP contribution in [0.1, 0.15) is 33.6 Å². The zero-order valence-corrected chi connectivity index (χ0v) is 12.1. The minimum absolute atomic E-state index is 0.0375. The SMILES string of the molecule is CCCC(C)(O)CNC(=O)C(C)Oc1ccccc1F. The standard InChI is InChI=1S/C15H22FNO3/c1-4-9-15(3,19)10-17-14(18)11(2)20-13-8-6-5-7-12(13)16/h5-8,11,19H,4,9-10H2,1-3H3,(H,17,18). The molecule has 2 atom stereocenters. The summed E-state index contributed by atoms with van der Waals surface area (Å²) in [6.45, 7) is 5.31. The van der Waals surface area contributed by atoms with E-state index in [4.69, 9.17) is 4.74 Å². The van der Waals surface area contributed by atoms with E-state index in [2.05, 4.69) is 5.32 Å². The van der Waals surface area contributed by atoms with Gasteiger partial charge in [0.2, 0.25) is 0 Å². The van der Waals surface area contributed by atoms with Gasteiger partial charge in [-0.2, -0.15) is 0 Å². The Bertz CT molecular complexity index is 448. The van der Waals surface area contributed by atoms with Gasteiger partial charge in [-0.15, -0.1) is 0 Å². The third-order valence-electron chi connectivity index (χ3n) is 2.94. The van der Waals surface area contributed by atoms with Gasteiger partial charge in [-0.3, -0.25) is 4.79 Å². The molecule has 0 saturated heterocycles. The molecule has 0 aromatic heterocycles. The number of carbonyl (C=O) groups is 1. The Morgan fingerprint density at radius 3 is 2.75 bits per heavy atom. The van der Waals surface area contributed by atoms with Crippen molar-refractivity contribution in [2.75, 3.05) is 6.54 Å². The summed E-state index contributed by atoms with van der Waals surface area (Å²) in [7, 11) is 0. The molecule has 2 N–H and O–H groups in total. The van der Waals surface area contributed by atoms with Gasteiger partial charge in [0.25, 0.3) is 5.91 Å². The first-order chi connectivity index (χ1) is 9.35. The summed E-state index contributed by atoms with van der Waals surface area (Å²) in [4.78, 5) is 11.8. The number of rotatable bonds is 7. The summed E-state index contributed by atoms with van der Waals surface area (Å²) in [5, 5.41) is 12.6. The molecule has 0 bridgehead atoms. The van der Waals surface area contributed by atoms with E-state index in [1.165, 1.54) is 19.1 Å². The molecule has 0 radical (unpaired) electrons. The quantitative estimate of drug-likeness (QED) is 0.807. The van der Waals surface area contributed by atoms with Gasteiger partial charge in [0.15, 0.2) is 17.7 Å². The third-order valence-corrected chi connectivity index (χ3v) is 2.94. The van der Waals surface area contributed by atoms with Crippen LogP contribution in [0.25, 0.3) is 0 Å². The van der Waals surface area contributed by atoms with Crippen LogP contribution in [0.2, 0.25) is 0 Å². The number of aliphatic hydroxyl groups is 1. The molecule has 5 heteroatoms. The number of carbonyl (C=O) groups excluding carboxylic acids is 1. The molecule has 1 amide bonds. The van der Waals surface area contributed by atoms with E-state index in [1.807, 2.05) is 6.92 Å². The Morgan fingerprint density at radius 1 is 1.50 bits per heavy atom. The molecule has 0 saturated carbocycles. The minimum atomic E-state index is -0.942. The maximum atomic E-state index is 13.4. The maximum Gasteiger partial charge on any atom is 0.260 e. The summed E-state index contributed by atoms with van der Waals surface area (Å²) in [5.41, 5.74) is -0.942. The zero-order valence-electron chi connectivity index (χ0n) is 12.1. The highest BCUT2D eigenvalue weighted by Crippen LogP contribution is 2.17. The summed E-state index contributed by atoms with van der Waals surface area (Å²) in [6.07, 6.45) is 0.587. The lowest BCUT2D eigenvalue weighted by atomic mass is 10.0. The number of amides is 1. The molecule has 0 heterocycles. The van der Waals surface area contributed by atoms with Crippen LogP contribution in [0.3, 0.4) is 0 Å². The second kappa shape index (κ2) is 7.24. The van der Waals surface area contributed by atoms with Gasteiger partial charge >= 0.3 is 0 Å². The Labute approximate surface area is 119 Å². The Balaban J connectivity index is 2.50. The molecule has 0 aliphatic carbocycles. The molecule has 0 fully saturated rings. The minimum Gasteiger partial charge on any atom is -0.478 e. The number of nitrogens with one attached hydrogen (secondary N) is 1. The molecule has 112 valence electrons. The first-order valence-corrected chi connectivity index (χ1v) is 6.77. The van der Waals surface area contributed by atoms with Crippen molar-refractivity contribution in [3.8, 4) is 5.75 Å². The zero-order chi connectivity index (χ0) is 15.2. The molecule has 2 unspecified atom stereocenters. The van der Waals surface area contributed by atoms with Crippen molar-refractivity contribution in [3.05, 3.63) is 30.1 Å². The van der Waals surface area contributed by atoms with E-state index in [9.17, 15) is 14.3 Å². The van der Waals surface area contributed by atoms with Crippen LogP contribution < -0.4 is 10.1 Å². The van der Waals surface area contributed by atoms with Gasteiger partial charge in [0, 0.05) is 6.54 Å². The number of para-hydroxylation sites is 1. The van der Waals surface area contributed by atoms with E-state index >= 15 is 0 Å². The largest absolute Gasteiger partial charge is 0.478 e. The molecule has 0 spiro atoms. The first-order valence-electron chi connectivity index (χ1n) is 6.77. The topological polar surface area (TPSA) is 58.6 Å². The monoisotopic (exact) mass is 283 g/mol. The van der Waals surface area contributed by atoms with Crippen LogP contribution in [0.4, 0.5) is 4.39 Å². The van der Waals surface area contributed by atoms with Crippen LogP contribution in [0.15, 0.2) is 24.3 Å². The predicted molar refractivity (Wildman–Crippen MR) is 75.0 cm³/mol. The number of hydrogen-bond acceptors (Lipinski definition) is 3. The van der Waals surface area contributed by atoms with Crippen LogP contribution in [-0.2, 0) is 4.79 Å². The van der Waals surface area contributed by atoms with Crippen molar-refractivity contribution in [1.82, 2.24) is 5.32 Å².